The molecule has 2 heterocycles. The van der Waals surface area contributed by atoms with Gasteiger partial charge < -0.3 is 5.32 Å². The van der Waals surface area contributed by atoms with Crippen LogP contribution in [-0.2, 0) is 6.54 Å². The number of nitrogens with one attached hydrogen (secondary N) is 1. The number of rotatable bonds is 3. The summed E-state index contributed by atoms with van der Waals surface area (Å²) in [4.78, 5) is 5.62. The second-order valence-corrected chi connectivity index (χ2v) is 6.45. The lowest BCUT2D eigenvalue weighted by Crippen LogP contribution is -1.98. The molecule has 0 radical (unpaired) electrons. The van der Waals surface area contributed by atoms with Crippen molar-refractivity contribution >= 4 is 55.5 Å². The second-order valence-electron chi connectivity index (χ2n) is 4.10. The van der Waals surface area contributed by atoms with Gasteiger partial charge in [-0.15, -0.1) is 11.3 Å². The molecule has 0 aliphatic carbocycles. The predicted octanol–water partition coefficient (Wildman–Crippen LogP) is 5.32. The monoisotopic (exact) mass is 352 g/mol. The van der Waals surface area contributed by atoms with Crippen molar-refractivity contribution in [1.29, 1.82) is 0 Å². The van der Waals surface area contributed by atoms with E-state index in [-0.39, 0.29) is 0 Å². The maximum atomic E-state index is 5.98. The molecule has 0 fully saturated rings. The average molecular weight is 354 g/mol. The van der Waals surface area contributed by atoms with Gasteiger partial charge >= 0.3 is 0 Å². The first-order chi connectivity index (χ1) is 9.22. The second kappa shape index (κ2) is 5.49. The van der Waals surface area contributed by atoms with E-state index in [1.54, 1.807) is 17.5 Å². The summed E-state index contributed by atoms with van der Waals surface area (Å²) >= 11 is 11.2. The molecule has 19 heavy (non-hydrogen) atoms. The zero-order chi connectivity index (χ0) is 13.2. The van der Waals surface area contributed by atoms with Crippen LogP contribution in [0.3, 0.4) is 0 Å². The Hall–Kier alpha value is -1.10. The SMILES string of the molecule is Clc1ccc2c(NCc3cc(Br)cs3)ccnc2c1. The van der Waals surface area contributed by atoms with Crippen LogP contribution in [-0.4, -0.2) is 4.98 Å². The first kappa shape index (κ1) is 12.9. The summed E-state index contributed by atoms with van der Waals surface area (Å²) in [5.41, 5.74) is 1.98. The lowest BCUT2D eigenvalue weighted by atomic mass is 10.2. The standard InChI is InChI=1S/C14H10BrClN2S/c15-9-5-11(19-8-9)7-18-13-3-4-17-14-6-10(16)1-2-12(13)14/h1-6,8H,7H2,(H,17,18). The molecule has 0 saturated heterocycles. The number of benzene rings is 1. The molecule has 1 N–H and O–H groups in total. The Bertz CT molecular complexity index is 726. The normalized spacial score (nSPS) is 10.8. The molecule has 1 aromatic carbocycles. The Kier molecular flexibility index (Phi) is 3.73. The van der Waals surface area contributed by atoms with E-state index >= 15 is 0 Å². The summed E-state index contributed by atoms with van der Waals surface area (Å²) in [5.74, 6) is 0. The van der Waals surface area contributed by atoms with Crippen molar-refractivity contribution in [2.75, 3.05) is 5.32 Å². The molecule has 0 bridgehead atoms. The largest absolute Gasteiger partial charge is 0.380 e. The molecule has 0 unspecified atom stereocenters. The first-order valence-electron chi connectivity index (χ1n) is 5.73. The zero-order valence-electron chi connectivity index (χ0n) is 9.86. The molecule has 0 saturated carbocycles. The number of anilines is 1. The van der Waals surface area contributed by atoms with Crippen molar-refractivity contribution in [3.63, 3.8) is 0 Å². The third-order valence-corrected chi connectivity index (χ3v) is 4.71. The van der Waals surface area contributed by atoms with Gasteiger partial charge in [0.2, 0.25) is 0 Å². The van der Waals surface area contributed by atoms with Crippen LogP contribution in [0.5, 0.6) is 0 Å². The van der Waals surface area contributed by atoms with E-state index in [0.717, 1.165) is 27.6 Å². The van der Waals surface area contributed by atoms with Crippen LogP contribution in [0.1, 0.15) is 4.88 Å². The number of halogens is 2. The zero-order valence-corrected chi connectivity index (χ0v) is 13.0. The molecule has 96 valence electrons. The summed E-state index contributed by atoms with van der Waals surface area (Å²) in [6.45, 7) is 0.804. The molecule has 3 aromatic rings. The number of nitrogens with zero attached hydrogens (tertiary/aromatic N) is 1. The molecule has 3 rings (SSSR count). The highest BCUT2D eigenvalue weighted by Gasteiger charge is 2.03. The minimum Gasteiger partial charge on any atom is -0.380 e. The van der Waals surface area contributed by atoms with Gasteiger partial charge in [0.1, 0.15) is 0 Å². The van der Waals surface area contributed by atoms with Crippen molar-refractivity contribution in [2.24, 2.45) is 0 Å². The summed E-state index contributed by atoms with van der Waals surface area (Å²) in [6, 6.07) is 9.87. The van der Waals surface area contributed by atoms with E-state index in [0.29, 0.717) is 5.02 Å². The van der Waals surface area contributed by atoms with Crippen molar-refractivity contribution in [1.82, 2.24) is 4.98 Å². The lowest BCUT2D eigenvalue weighted by Gasteiger charge is -2.08. The van der Waals surface area contributed by atoms with Crippen molar-refractivity contribution in [3.05, 3.63) is 56.3 Å². The Morgan fingerprint density at radius 1 is 1.26 bits per heavy atom. The molecular formula is C14H10BrClN2S. The van der Waals surface area contributed by atoms with E-state index in [1.165, 1.54) is 4.88 Å². The van der Waals surface area contributed by atoms with Gasteiger partial charge in [-0.1, -0.05) is 11.6 Å². The van der Waals surface area contributed by atoms with Gasteiger partial charge in [0.05, 0.1) is 5.52 Å². The molecule has 0 aliphatic heterocycles. The lowest BCUT2D eigenvalue weighted by molar-refractivity contribution is 1.19. The topological polar surface area (TPSA) is 24.9 Å². The van der Waals surface area contributed by atoms with Crippen LogP contribution in [0.15, 0.2) is 46.4 Å². The molecule has 0 amide bonds. The molecule has 5 heteroatoms. The number of hydrogen-bond acceptors (Lipinski definition) is 3. The highest BCUT2D eigenvalue weighted by Crippen LogP contribution is 2.26. The fourth-order valence-corrected chi connectivity index (χ4v) is 3.46. The van der Waals surface area contributed by atoms with Crippen LogP contribution in [0.25, 0.3) is 10.9 Å². The smallest absolute Gasteiger partial charge is 0.0737 e. The Balaban J connectivity index is 1.88. The van der Waals surface area contributed by atoms with Crippen molar-refractivity contribution in [2.45, 2.75) is 6.54 Å². The summed E-state index contributed by atoms with van der Waals surface area (Å²) in [6.07, 6.45) is 1.80. The van der Waals surface area contributed by atoms with Crippen LogP contribution in [0, 0.1) is 0 Å². The van der Waals surface area contributed by atoms with Crippen molar-refractivity contribution < 1.29 is 0 Å². The van der Waals surface area contributed by atoms with Gasteiger partial charge in [0, 0.05) is 43.6 Å². The molecule has 2 nitrogen and oxygen atoms in total. The van der Waals surface area contributed by atoms with E-state index in [4.69, 9.17) is 11.6 Å². The minimum absolute atomic E-state index is 0.708. The third kappa shape index (κ3) is 2.91. The number of thiophene rings is 1. The highest BCUT2D eigenvalue weighted by molar-refractivity contribution is 9.10. The van der Waals surface area contributed by atoms with E-state index in [1.807, 2.05) is 24.3 Å². The van der Waals surface area contributed by atoms with Gasteiger partial charge in [-0.25, -0.2) is 0 Å². The predicted molar refractivity (Wildman–Crippen MR) is 86.1 cm³/mol. The van der Waals surface area contributed by atoms with E-state index in [9.17, 15) is 0 Å². The maximum absolute atomic E-state index is 5.98. The summed E-state index contributed by atoms with van der Waals surface area (Å²) in [7, 11) is 0. The highest BCUT2D eigenvalue weighted by atomic mass is 79.9. The number of fused-ring (bicyclic) bond motifs is 1. The van der Waals surface area contributed by atoms with Crippen LogP contribution in [0.4, 0.5) is 5.69 Å². The minimum atomic E-state index is 0.708. The average Bonchev–Trinajstić information content (AvgIpc) is 2.81. The fourth-order valence-electron chi connectivity index (χ4n) is 1.90. The summed E-state index contributed by atoms with van der Waals surface area (Å²) in [5, 5.41) is 7.32. The van der Waals surface area contributed by atoms with Gasteiger partial charge in [0.15, 0.2) is 0 Å². The summed E-state index contributed by atoms with van der Waals surface area (Å²) < 4.78 is 1.13. The number of pyridine rings is 1. The van der Waals surface area contributed by atoms with Gasteiger partial charge in [-0.3, -0.25) is 4.98 Å². The number of aromatic nitrogens is 1. The Morgan fingerprint density at radius 2 is 2.16 bits per heavy atom. The molecular weight excluding hydrogens is 344 g/mol. The van der Waals surface area contributed by atoms with Crippen LogP contribution in [0.2, 0.25) is 5.02 Å². The molecule has 2 aromatic heterocycles. The molecule has 0 spiro atoms. The Morgan fingerprint density at radius 3 is 2.95 bits per heavy atom. The van der Waals surface area contributed by atoms with E-state index in [2.05, 4.69) is 37.7 Å². The van der Waals surface area contributed by atoms with Crippen molar-refractivity contribution in [3.8, 4) is 0 Å². The van der Waals surface area contributed by atoms with Crippen LogP contribution >= 0.6 is 38.9 Å². The molecule has 0 aliphatic rings. The quantitative estimate of drug-likeness (QED) is 0.689. The maximum Gasteiger partial charge on any atom is 0.0737 e. The third-order valence-electron chi connectivity index (χ3n) is 2.78. The van der Waals surface area contributed by atoms with Gasteiger partial charge in [0.25, 0.3) is 0 Å². The molecule has 0 atom stereocenters. The van der Waals surface area contributed by atoms with Gasteiger partial charge in [-0.2, -0.15) is 0 Å². The first-order valence-corrected chi connectivity index (χ1v) is 7.78. The Labute approximate surface area is 128 Å². The van der Waals surface area contributed by atoms with Gasteiger partial charge in [-0.05, 0) is 46.3 Å². The van der Waals surface area contributed by atoms with E-state index < -0.39 is 0 Å². The van der Waals surface area contributed by atoms with Crippen LogP contribution < -0.4 is 5.32 Å². The fraction of sp³-hybridized carbons (Fsp3) is 0.0714. The number of hydrogen-bond donors (Lipinski definition) is 1.